The quantitative estimate of drug-likeness (QED) is 0.236. The molecule has 5 heteroatoms. The third-order valence-corrected chi connectivity index (χ3v) is 8.73. The lowest BCUT2D eigenvalue weighted by Gasteiger charge is -2.26. The predicted octanol–water partition coefficient (Wildman–Crippen LogP) is 6.87. The van der Waals surface area contributed by atoms with Crippen molar-refractivity contribution in [3.8, 4) is 5.75 Å². The first-order valence-corrected chi connectivity index (χ1v) is 16.7. The van der Waals surface area contributed by atoms with Crippen molar-refractivity contribution in [3.63, 3.8) is 0 Å². The minimum Gasteiger partial charge on any atom is -0.494 e. The molecule has 0 bridgehead atoms. The van der Waals surface area contributed by atoms with E-state index in [-0.39, 0.29) is 0 Å². The highest BCUT2D eigenvalue weighted by Gasteiger charge is 2.21. The van der Waals surface area contributed by atoms with Gasteiger partial charge in [0.15, 0.2) is 0 Å². The number of hydrogen-bond donors (Lipinski definition) is 0. The van der Waals surface area contributed by atoms with E-state index in [1.165, 1.54) is 31.2 Å². The topological polar surface area (TPSA) is 9.23 Å². The van der Waals surface area contributed by atoms with E-state index in [9.17, 15) is 0 Å². The van der Waals surface area contributed by atoms with Crippen LogP contribution in [0, 0.1) is 5.92 Å². The van der Waals surface area contributed by atoms with Gasteiger partial charge in [-0.05, 0) is 54.8 Å². The zero-order valence-electron chi connectivity index (χ0n) is 12.5. The van der Waals surface area contributed by atoms with Gasteiger partial charge in [-0.3, -0.25) is 0 Å². The second-order valence-electron chi connectivity index (χ2n) is 6.09. The highest BCUT2D eigenvalue weighted by Crippen LogP contribution is 2.36. The van der Waals surface area contributed by atoms with Crippen molar-refractivity contribution in [1.29, 1.82) is 0 Å². The summed E-state index contributed by atoms with van der Waals surface area (Å²) in [5, 5.41) is 0. The Morgan fingerprint density at radius 2 is 1.67 bits per heavy atom. The van der Waals surface area contributed by atoms with Crippen LogP contribution in [0.2, 0.25) is 6.04 Å². The van der Waals surface area contributed by atoms with Crippen LogP contribution in [0.15, 0.2) is 24.3 Å². The fourth-order valence-electron chi connectivity index (χ4n) is 2.89. The zero-order valence-corrected chi connectivity index (χ0v) is 18.2. The van der Waals surface area contributed by atoms with Gasteiger partial charge in [0.2, 0.25) is 0 Å². The molecule has 0 heterocycles. The Balaban J connectivity index is 1.77. The summed E-state index contributed by atoms with van der Waals surface area (Å²) in [4.78, 5) is 0. The van der Waals surface area contributed by atoms with Crippen LogP contribution in [0.4, 0.5) is 0 Å². The minimum absolute atomic E-state index is 0.761. The van der Waals surface area contributed by atoms with Crippen LogP contribution >= 0.6 is 45.9 Å². The fourth-order valence-corrected chi connectivity index (χ4v) is 5.96. The van der Waals surface area contributed by atoms with Crippen LogP contribution in [-0.4, -0.2) is 10.5 Å². The molecule has 0 radical (unpaired) electrons. The van der Waals surface area contributed by atoms with Gasteiger partial charge in [0.1, 0.15) is 5.75 Å². The molecule has 0 aromatic heterocycles. The molecule has 0 spiro atoms. The Bertz CT molecular complexity index is 422. The molecule has 1 aromatic rings. The second-order valence-corrected chi connectivity index (χ2v) is 29.6. The zero-order chi connectivity index (χ0) is 15.3. The van der Waals surface area contributed by atoms with Crippen LogP contribution in [0.5, 0.6) is 5.75 Å². The van der Waals surface area contributed by atoms with Crippen molar-refractivity contribution in [2.75, 3.05) is 6.61 Å². The normalized spacial score (nSPS) is 23.0. The van der Waals surface area contributed by atoms with Crippen LogP contribution < -0.4 is 4.74 Å². The molecule has 0 N–H and O–H groups in total. The molecule has 0 saturated heterocycles. The Kier molecular flexibility index (Phi) is 7.30. The summed E-state index contributed by atoms with van der Waals surface area (Å²) in [5.74, 6) is 2.67. The second kappa shape index (κ2) is 8.51. The maximum absolute atomic E-state index is 5.82. The van der Waals surface area contributed by atoms with Gasteiger partial charge in [-0.2, -0.15) is 0 Å². The van der Waals surface area contributed by atoms with E-state index in [0.29, 0.717) is 0 Å². The van der Waals surface area contributed by atoms with Crippen LogP contribution in [0.1, 0.15) is 50.5 Å². The Labute approximate surface area is 153 Å². The van der Waals surface area contributed by atoms with Crippen molar-refractivity contribution in [3.05, 3.63) is 29.8 Å². The van der Waals surface area contributed by atoms with Crippen molar-refractivity contribution in [2.45, 2.75) is 51.0 Å². The van der Waals surface area contributed by atoms with E-state index in [1.54, 1.807) is 0 Å². The number of hydrogen-bond acceptors (Lipinski definition) is 1. The van der Waals surface area contributed by atoms with Crippen molar-refractivity contribution in [1.82, 2.24) is 0 Å². The van der Waals surface area contributed by atoms with E-state index in [0.717, 1.165) is 36.7 Å². The summed E-state index contributed by atoms with van der Waals surface area (Å²) in [5.41, 5.74) is 1.49. The summed E-state index contributed by atoms with van der Waals surface area (Å²) in [6, 6.07) is 9.89. The molecule has 0 aliphatic heterocycles. The monoisotopic (exact) mass is 496 g/mol. The summed E-state index contributed by atoms with van der Waals surface area (Å²) < 4.78 is 4.35. The largest absolute Gasteiger partial charge is 0.494 e. The Morgan fingerprint density at radius 3 is 2.24 bits per heavy atom. The summed E-state index contributed by atoms with van der Waals surface area (Å²) in [6.07, 6.45) is 6.49. The van der Waals surface area contributed by atoms with Gasteiger partial charge < -0.3 is 4.74 Å². The standard InChI is InChI=1S/C16H23Br3OSi/c1-13-3-5-14(6-4-13)15-7-9-16(10-8-15)20-11-2-12-21(17,18)19/h7-10,13-14H,2-6,11-12H2,1H3/t13-,14-. The first kappa shape index (κ1) is 18.0. The van der Waals surface area contributed by atoms with Gasteiger partial charge in [0, 0.05) is 0 Å². The van der Waals surface area contributed by atoms with Crippen LogP contribution in [0.3, 0.4) is 0 Å². The van der Waals surface area contributed by atoms with Gasteiger partial charge in [0.05, 0.1) is 6.61 Å². The maximum atomic E-state index is 5.82. The molecule has 118 valence electrons. The minimum atomic E-state index is -1.48. The molecule has 1 aliphatic carbocycles. The SMILES string of the molecule is C[C@H]1CC[C@H](c2ccc(OCCC[Si](Br)(Br)Br)cc2)CC1. The van der Waals surface area contributed by atoms with Crippen molar-refractivity contribution in [2.24, 2.45) is 5.92 Å². The van der Waals surface area contributed by atoms with Crippen LogP contribution in [0.25, 0.3) is 0 Å². The molecule has 0 atom stereocenters. The van der Waals surface area contributed by atoms with Gasteiger partial charge in [0.25, 0.3) is 3.93 Å². The van der Waals surface area contributed by atoms with Gasteiger partial charge in [-0.15, -0.1) is 0 Å². The van der Waals surface area contributed by atoms with Crippen molar-refractivity contribution < 1.29 is 4.74 Å². The smallest absolute Gasteiger partial charge is 0.267 e. The van der Waals surface area contributed by atoms with E-state index in [4.69, 9.17) is 4.74 Å². The van der Waals surface area contributed by atoms with Gasteiger partial charge in [-0.1, -0.05) is 77.8 Å². The van der Waals surface area contributed by atoms with Crippen molar-refractivity contribution >= 4 is 49.8 Å². The fraction of sp³-hybridized carbons (Fsp3) is 0.625. The number of ether oxygens (including phenoxy) is 1. The van der Waals surface area contributed by atoms with E-state index in [1.807, 2.05) is 0 Å². The maximum Gasteiger partial charge on any atom is 0.267 e. The van der Waals surface area contributed by atoms with E-state index < -0.39 is 3.93 Å². The highest BCUT2D eigenvalue weighted by atomic mass is 80.0. The lowest BCUT2D eigenvalue weighted by atomic mass is 9.79. The number of benzene rings is 1. The molecule has 1 nitrogen and oxygen atoms in total. The summed E-state index contributed by atoms with van der Waals surface area (Å²) in [6.45, 7) is 3.15. The average molecular weight is 499 g/mol. The molecule has 0 amide bonds. The van der Waals surface area contributed by atoms with Gasteiger partial charge >= 0.3 is 0 Å². The molecule has 1 saturated carbocycles. The molecule has 1 fully saturated rings. The Hall–Kier alpha value is 0.677. The molecule has 21 heavy (non-hydrogen) atoms. The first-order chi connectivity index (χ1) is 9.94. The molecule has 1 aliphatic rings. The van der Waals surface area contributed by atoms with E-state index >= 15 is 0 Å². The lowest BCUT2D eigenvalue weighted by Crippen LogP contribution is -2.11. The summed E-state index contributed by atoms with van der Waals surface area (Å²) in [7, 11) is 0. The lowest BCUT2D eigenvalue weighted by molar-refractivity contribution is 0.316. The molecular formula is C16H23Br3OSi. The van der Waals surface area contributed by atoms with Gasteiger partial charge in [-0.25, -0.2) is 0 Å². The molecule has 1 aromatic carbocycles. The predicted molar refractivity (Wildman–Crippen MR) is 104 cm³/mol. The van der Waals surface area contributed by atoms with E-state index in [2.05, 4.69) is 77.1 Å². The third-order valence-electron chi connectivity index (χ3n) is 4.24. The highest BCUT2D eigenvalue weighted by molar-refractivity contribution is 9.72. The summed E-state index contributed by atoms with van der Waals surface area (Å²) >= 11 is 10.9. The molecule has 0 unspecified atom stereocenters. The Morgan fingerprint density at radius 1 is 1.05 bits per heavy atom. The number of rotatable bonds is 6. The first-order valence-electron chi connectivity index (χ1n) is 7.73. The molecular weight excluding hydrogens is 476 g/mol. The molecule has 2 rings (SSSR count). The number of halogens is 3. The average Bonchev–Trinajstić information content (AvgIpc) is 2.44. The third kappa shape index (κ3) is 6.75. The van der Waals surface area contributed by atoms with Crippen LogP contribution in [-0.2, 0) is 0 Å².